The Morgan fingerprint density at radius 2 is 1.93 bits per heavy atom. The molecular formula is C19H10F3N5. The summed E-state index contributed by atoms with van der Waals surface area (Å²) in [7, 11) is 0. The van der Waals surface area contributed by atoms with Gasteiger partial charge in [-0.1, -0.05) is 12.6 Å². The summed E-state index contributed by atoms with van der Waals surface area (Å²) in [5.74, 6) is -0.273. The lowest BCUT2D eigenvalue weighted by Crippen LogP contribution is -1.97. The summed E-state index contributed by atoms with van der Waals surface area (Å²) >= 11 is 0. The molecule has 0 aliphatic carbocycles. The van der Waals surface area contributed by atoms with Gasteiger partial charge in [-0.3, -0.25) is 4.98 Å². The fraction of sp³-hybridized carbons (Fsp3) is 0.0526. The summed E-state index contributed by atoms with van der Waals surface area (Å²) in [5.41, 5.74) is 1.58. The zero-order valence-electron chi connectivity index (χ0n) is 13.6. The molecule has 4 rings (SSSR count). The fourth-order valence-electron chi connectivity index (χ4n) is 2.78. The van der Waals surface area contributed by atoms with Crippen LogP contribution in [0.4, 0.5) is 19.0 Å². The quantitative estimate of drug-likeness (QED) is 0.475. The van der Waals surface area contributed by atoms with Gasteiger partial charge >= 0.3 is 0 Å². The Morgan fingerprint density at radius 1 is 1.07 bits per heavy atom. The van der Waals surface area contributed by atoms with Crippen LogP contribution in [0.1, 0.15) is 12.1 Å². The highest BCUT2D eigenvalue weighted by molar-refractivity contribution is 5.79. The molecule has 5 nitrogen and oxygen atoms in total. The normalized spacial score (nSPS) is 11.1. The summed E-state index contributed by atoms with van der Waals surface area (Å²) in [4.78, 5) is 15.5. The van der Waals surface area contributed by atoms with Crippen LogP contribution in [-0.2, 0) is 0 Å². The lowest BCUT2D eigenvalue weighted by molar-refractivity contribution is 0.146. The van der Waals surface area contributed by atoms with Gasteiger partial charge in [0, 0.05) is 17.2 Å². The standard InChI is InChI=1S/C19H10F3N5/c1-23-17-9-24-16-6-5-11(10-27(16)17)13-7-12(20)8-25-18(13)14-3-2-4-15(26-14)19(21)22/h2-10,19H. The second-order valence-electron chi connectivity index (χ2n) is 5.67. The maximum atomic E-state index is 13.9. The lowest BCUT2D eigenvalue weighted by atomic mass is 10.0. The minimum absolute atomic E-state index is 0.207. The highest BCUT2D eigenvalue weighted by atomic mass is 19.3. The Bertz CT molecular complexity index is 1190. The molecule has 0 aliphatic rings. The van der Waals surface area contributed by atoms with Crippen LogP contribution in [0.5, 0.6) is 0 Å². The first-order chi connectivity index (χ1) is 13.1. The molecule has 0 saturated carbocycles. The van der Waals surface area contributed by atoms with Gasteiger partial charge < -0.3 is 4.85 Å². The van der Waals surface area contributed by atoms with Gasteiger partial charge in [0.1, 0.15) is 11.5 Å². The minimum atomic E-state index is -2.72. The van der Waals surface area contributed by atoms with Crippen molar-refractivity contribution in [1.29, 1.82) is 0 Å². The zero-order chi connectivity index (χ0) is 19.0. The summed E-state index contributed by atoms with van der Waals surface area (Å²) in [6, 6.07) is 8.85. The second kappa shape index (κ2) is 6.53. The monoisotopic (exact) mass is 365 g/mol. The van der Waals surface area contributed by atoms with Crippen molar-refractivity contribution < 1.29 is 13.2 Å². The average Bonchev–Trinajstić information content (AvgIpc) is 3.10. The summed E-state index contributed by atoms with van der Waals surface area (Å²) in [5, 5.41) is 0. The van der Waals surface area contributed by atoms with E-state index in [9.17, 15) is 13.2 Å². The van der Waals surface area contributed by atoms with Crippen LogP contribution in [-0.4, -0.2) is 19.4 Å². The molecule has 8 heteroatoms. The molecule has 4 heterocycles. The van der Waals surface area contributed by atoms with Gasteiger partial charge in [0.25, 0.3) is 12.2 Å². The number of hydrogen-bond donors (Lipinski definition) is 0. The maximum absolute atomic E-state index is 13.9. The third-order valence-electron chi connectivity index (χ3n) is 4.00. The van der Waals surface area contributed by atoms with E-state index in [4.69, 9.17) is 6.57 Å². The van der Waals surface area contributed by atoms with E-state index in [1.165, 1.54) is 30.5 Å². The van der Waals surface area contributed by atoms with Crippen molar-refractivity contribution >= 4 is 11.5 Å². The number of hydrogen-bond acceptors (Lipinski definition) is 3. The number of fused-ring (bicyclic) bond motifs is 1. The molecule has 0 atom stereocenters. The van der Waals surface area contributed by atoms with Crippen molar-refractivity contribution in [2.45, 2.75) is 6.43 Å². The van der Waals surface area contributed by atoms with Crippen molar-refractivity contribution in [1.82, 2.24) is 19.4 Å². The molecule has 0 fully saturated rings. The van der Waals surface area contributed by atoms with Crippen LogP contribution in [0.15, 0.2) is 55.0 Å². The molecule has 0 aliphatic heterocycles. The third-order valence-corrected chi connectivity index (χ3v) is 4.00. The van der Waals surface area contributed by atoms with E-state index in [1.54, 1.807) is 22.7 Å². The van der Waals surface area contributed by atoms with E-state index in [-0.39, 0.29) is 17.1 Å². The smallest absolute Gasteiger partial charge is 0.280 e. The zero-order valence-corrected chi connectivity index (χ0v) is 13.6. The van der Waals surface area contributed by atoms with Gasteiger partial charge in [-0.05, 0) is 24.3 Å². The average molecular weight is 365 g/mol. The van der Waals surface area contributed by atoms with Crippen LogP contribution in [0.2, 0.25) is 0 Å². The molecule has 4 aromatic rings. The largest absolute Gasteiger partial charge is 0.362 e. The Morgan fingerprint density at radius 3 is 2.70 bits per heavy atom. The van der Waals surface area contributed by atoms with Crippen LogP contribution >= 0.6 is 0 Å². The van der Waals surface area contributed by atoms with E-state index >= 15 is 0 Å². The number of halogens is 3. The number of pyridine rings is 3. The number of alkyl halides is 2. The maximum Gasteiger partial charge on any atom is 0.280 e. The van der Waals surface area contributed by atoms with Crippen LogP contribution in [0, 0.1) is 12.4 Å². The first kappa shape index (κ1) is 16.7. The molecule has 0 radical (unpaired) electrons. The number of aromatic nitrogens is 4. The highest BCUT2D eigenvalue weighted by Crippen LogP contribution is 2.32. The van der Waals surface area contributed by atoms with Gasteiger partial charge in [0.05, 0.1) is 30.0 Å². The SMILES string of the molecule is [C-]#[N+]c1cnc2ccc(-c3cc(F)cnc3-c3cccc(C(F)F)n3)cn12. The Hall–Kier alpha value is -3.73. The predicted molar refractivity (Wildman–Crippen MR) is 92.8 cm³/mol. The number of nitrogens with zero attached hydrogens (tertiary/aromatic N) is 5. The Labute approximate surface area is 151 Å². The molecule has 0 spiro atoms. The molecule has 0 saturated heterocycles. The van der Waals surface area contributed by atoms with Crippen molar-refractivity contribution in [2.24, 2.45) is 0 Å². The van der Waals surface area contributed by atoms with Gasteiger partial charge in [-0.2, -0.15) is 0 Å². The minimum Gasteiger partial charge on any atom is -0.362 e. The van der Waals surface area contributed by atoms with Crippen molar-refractivity contribution in [3.63, 3.8) is 0 Å². The third kappa shape index (κ3) is 3.00. The Balaban J connectivity index is 1.93. The van der Waals surface area contributed by atoms with Gasteiger partial charge in [0.2, 0.25) is 5.65 Å². The molecule has 0 amide bonds. The predicted octanol–water partition coefficient (Wildman–Crippen LogP) is 5.09. The fourth-order valence-corrected chi connectivity index (χ4v) is 2.78. The van der Waals surface area contributed by atoms with Crippen molar-refractivity contribution in [3.05, 3.63) is 77.9 Å². The molecule has 0 bridgehead atoms. The van der Waals surface area contributed by atoms with E-state index in [1.807, 2.05) is 0 Å². The molecule has 0 aromatic carbocycles. The van der Waals surface area contributed by atoms with Gasteiger partial charge in [-0.25, -0.2) is 27.5 Å². The number of imidazole rings is 1. The van der Waals surface area contributed by atoms with Crippen molar-refractivity contribution in [3.8, 4) is 22.5 Å². The second-order valence-corrected chi connectivity index (χ2v) is 5.67. The molecule has 0 N–H and O–H groups in total. The topological polar surface area (TPSA) is 47.4 Å². The van der Waals surface area contributed by atoms with Gasteiger partial charge in [0.15, 0.2) is 0 Å². The summed E-state index contributed by atoms with van der Waals surface area (Å²) in [6.07, 6.45) is 1.35. The first-order valence-corrected chi connectivity index (χ1v) is 7.83. The van der Waals surface area contributed by atoms with Crippen molar-refractivity contribution in [2.75, 3.05) is 0 Å². The summed E-state index contributed by atoms with van der Waals surface area (Å²) < 4.78 is 41.4. The lowest BCUT2D eigenvalue weighted by Gasteiger charge is -2.10. The Kier molecular flexibility index (Phi) is 4.05. The van der Waals surface area contributed by atoms with Crippen LogP contribution in [0.3, 0.4) is 0 Å². The highest BCUT2D eigenvalue weighted by Gasteiger charge is 2.16. The molecule has 4 aromatic heterocycles. The molecule has 0 unspecified atom stereocenters. The van der Waals surface area contributed by atoms with E-state index in [0.717, 1.165) is 6.20 Å². The van der Waals surface area contributed by atoms with Crippen LogP contribution in [0.25, 0.3) is 33.0 Å². The van der Waals surface area contributed by atoms with E-state index < -0.39 is 12.2 Å². The van der Waals surface area contributed by atoms with Gasteiger partial charge in [-0.15, -0.1) is 0 Å². The summed E-state index contributed by atoms with van der Waals surface area (Å²) in [6.45, 7) is 7.20. The molecule has 27 heavy (non-hydrogen) atoms. The molecule has 132 valence electrons. The first-order valence-electron chi connectivity index (χ1n) is 7.83. The molecular weight excluding hydrogens is 355 g/mol. The van der Waals surface area contributed by atoms with Crippen LogP contribution < -0.4 is 0 Å². The van der Waals surface area contributed by atoms with E-state index in [0.29, 0.717) is 22.6 Å². The van der Waals surface area contributed by atoms with E-state index in [2.05, 4.69) is 19.8 Å². The number of rotatable bonds is 3.